The van der Waals surface area contributed by atoms with Gasteiger partial charge in [-0.3, -0.25) is 0 Å². The Kier molecular flexibility index (Phi) is 6.20. The van der Waals surface area contributed by atoms with Crippen molar-refractivity contribution < 1.29 is 13.2 Å². The lowest BCUT2D eigenvalue weighted by Gasteiger charge is -2.06. The highest BCUT2D eigenvalue weighted by molar-refractivity contribution is 5.59. The zero-order valence-corrected chi connectivity index (χ0v) is 13.5. The van der Waals surface area contributed by atoms with E-state index in [0.29, 0.717) is 30.4 Å². The number of hydrogen-bond donors (Lipinski definition) is 0. The van der Waals surface area contributed by atoms with Crippen LogP contribution >= 0.6 is 0 Å². The molecule has 4 heteroatoms. The first-order valence-corrected chi connectivity index (χ1v) is 7.88. The van der Waals surface area contributed by atoms with E-state index in [4.69, 9.17) is 5.26 Å². The van der Waals surface area contributed by atoms with Gasteiger partial charge in [-0.05, 0) is 54.7 Å². The van der Waals surface area contributed by atoms with Gasteiger partial charge in [-0.2, -0.15) is 5.26 Å². The van der Waals surface area contributed by atoms with Crippen molar-refractivity contribution in [2.24, 2.45) is 0 Å². The van der Waals surface area contributed by atoms with Gasteiger partial charge < -0.3 is 0 Å². The standard InChI is InChI=1S/C20H18F3N/c1-2-3-4-18(21)16-10-9-15(20(23)12-16)7-5-14-6-8-17(13-24)19(22)11-14/h4,6,8-12H,2-3,5,7H2,1H3. The maximum absolute atomic E-state index is 14.1. The van der Waals surface area contributed by atoms with E-state index in [-0.39, 0.29) is 11.1 Å². The minimum Gasteiger partial charge on any atom is -0.207 e. The lowest BCUT2D eigenvalue weighted by Crippen LogP contribution is -1.97. The molecule has 0 saturated heterocycles. The molecule has 0 aromatic heterocycles. The van der Waals surface area contributed by atoms with Gasteiger partial charge in [-0.25, -0.2) is 13.2 Å². The Morgan fingerprint density at radius 1 is 1.08 bits per heavy atom. The number of rotatable bonds is 6. The number of unbranched alkanes of at least 4 members (excludes halogenated alkanes) is 1. The van der Waals surface area contributed by atoms with Crippen molar-refractivity contribution in [1.82, 2.24) is 0 Å². The summed E-state index contributed by atoms with van der Waals surface area (Å²) < 4.78 is 41.5. The van der Waals surface area contributed by atoms with Gasteiger partial charge in [0.2, 0.25) is 0 Å². The molecule has 0 amide bonds. The van der Waals surface area contributed by atoms with Crippen molar-refractivity contribution >= 4 is 5.83 Å². The molecule has 124 valence electrons. The zero-order chi connectivity index (χ0) is 17.5. The van der Waals surface area contributed by atoms with Gasteiger partial charge in [0.15, 0.2) is 0 Å². The van der Waals surface area contributed by atoms with Gasteiger partial charge in [-0.15, -0.1) is 0 Å². The molecule has 0 unspecified atom stereocenters. The van der Waals surface area contributed by atoms with Crippen LogP contribution in [0.25, 0.3) is 5.83 Å². The second kappa shape index (κ2) is 8.35. The molecule has 0 saturated carbocycles. The van der Waals surface area contributed by atoms with Crippen LogP contribution in [0.4, 0.5) is 13.2 Å². The number of benzene rings is 2. The summed E-state index contributed by atoms with van der Waals surface area (Å²) in [6, 6.07) is 10.4. The summed E-state index contributed by atoms with van der Waals surface area (Å²) in [5, 5.41) is 8.70. The first-order valence-electron chi connectivity index (χ1n) is 7.88. The summed E-state index contributed by atoms with van der Waals surface area (Å²) in [6.45, 7) is 1.94. The van der Waals surface area contributed by atoms with E-state index in [1.165, 1.54) is 24.3 Å². The summed E-state index contributed by atoms with van der Waals surface area (Å²) >= 11 is 0. The molecule has 0 spiro atoms. The van der Waals surface area contributed by atoms with Crippen molar-refractivity contribution in [3.63, 3.8) is 0 Å². The van der Waals surface area contributed by atoms with E-state index < -0.39 is 17.5 Å². The fourth-order valence-electron chi connectivity index (χ4n) is 2.37. The number of halogens is 3. The second-order valence-electron chi connectivity index (χ2n) is 5.57. The maximum atomic E-state index is 14.1. The van der Waals surface area contributed by atoms with Gasteiger partial charge in [0.25, 0.3) is 0 Å². The Morgan fingerprint density at radius 3 is 2.50 bits per heavy atom. The summed E-state index contributed by atoms with van der Waals surface area (Å²) in [5.74, 6) is -1.47. The minimum atomic E-state index is -0.575. The van der Waals surface area contributed by atoms with Crippen molar-refractivity contribution in [2.45, 2.75) is 32.6 Å². The highest BCUT2D eigenvalue weighted by Crippen LogP contribution is 2.21. The first-order chi connectivity index (χ1) is 11.5. The van der Waals surface area contributed by atoms with E-state index in [1.807, 2.05) is 6.92 Å². The monoisotopic (exact) mass is 329 g/mol. The SMILES string of the molecule is CCCC=C(F)c1ccc(CCc2ccc(C#N)c(F)c2)c(F)c1. The average Bonchev–Trinajstić information content (AvgIpc) is 2.58. The average molecular weight is 329 g/mol. The topological polar surface area (TPSA) is 23.8 Å². The molecule has 0 atom stereocenters. The molecule has 0 aliphatic heterocycles. The highest BCUT2D eigenvalue weighted by atomic mass is 19.1. The van der Waals surface area contributed by atoms with Gasteiger partial charge in [0, 0.05) is 5.56 Å². The Hall–Kier alpha value is -2.54. The number of hydrogen-bond acceptors (Lipinski definition) is 1. The third-order valence-corrected chi connectivity index (χ3v) is 3.78. The Morgan fingerprint density at radius 2 is 1.88 bits per heavy atom. The minimum absolute atomic E-state index is 0.0105. The van der Waals surface area contributed by atoms with E-state index in [0.717, 1.165) is 6.42 Å². The van der Waals surface area contributed by atoms with Crippen LogP contribution in [-0.2, 0) is 12.8 Å². The van der Waals surface area contributed by atoms with Crippen LogP contribution in [0.1, 0.15) is 42.0 Å². The molecule has 0 heterocycles. The van der Waals surface area contributed by atoms with Gasteiger partial charge in [0.1, 0.15) is 23.5 Å². The summed E-state index contributed by atoms with van der Waals surface area (Å²) in [7, 11) is 0. The van der Waals surface area contributed by atoms with Crippen LogP contribution in [0.3, 0.4) is 0 Å². The Labute approximate surface area is 140 Å². The summed E-state index contributed by atoms with van der Waals surface area (Å²) in [4.78, 5) is 0. The quantitative estimate of drug-likeness (QED) is 0.663. The first kappa shape index (κ1) is 17.8. The molecule has 2 aromatic carbocycles. The smallest absolute Gasteiger partial charge is 0.141 e. The predicted molar refractivity (Wildman–Crippen MR) is 88.9 cm³/mol. The molecule has 2 rings (SSSR count). The summed E-state index contributed by atoms with van der Waals surface area (Å²) in [5.41, 5.74) is 1.36. The number of nitriles is 1. The van der Waals surface area contributed by atoms with Gasteiger partial charge >= 0.3 is 0 Å². The van der Waals surface area contributed by atoms with Crippen LogP contribution in [0.2, 0.25) is 0 Å². The zero-order valence-electron chi connectivity index (χ0n) is 13.5. The van der Waals surface area contributed by atoms with E-state index >= 15 is 0 Å². The molecule has 24 heavy (non-hydrogen) atoms. The molecule has 0 radical (unpaired) electrons. The largest absolute Gasteiger partial charge is 0.207 e. The lowest BCUT2D eigenvalue weighted by molar-refractivity contribution is 0.605. The number of nitrogens with zero attached hydrogens (tertiary/aromatic N) is 1. The molecule has 0 aliphatic carbocycles. The van der Waals surface area contributed by atoms with Crippen molar-refractivity contribution in [3.8, 4) is 6.07 Å². The van der Waals surface area contributed by atoms with Gasteiger partial charge in [0.05, 0.1) is 5.56 Å². The summed E-state index contributed by atoms with van der Waals surface area (Å²) in [6.07, 6.45) is 3.70. The van der Waals surface area contributed by atoms with Crippen molar-refractivity contribution in [2.75, 3.05) is 0 Å². The molecule has 1 nitrogen and oxygen atoms in total. The van der Waals surface area contributed by atoms with Crippen LogP contribution < -0.4 is 0 Å². The number of aryl methyl sites for hydroxylation is 2. The van der Waals surface area contributed by atoms with Crippen molar-refractivity contribution in [1.29, 1.82) is 5.26 Å². The molecule has 0 fully saturated rings. The van der Waals surface area contributed by atoms with E-state index in [2.05, 4.69) is 0 Å². The van der Waals surface area contributed by atoms with Crippen LogP contribution in [0.15, 0.2) is 42.5 Å². The predicted octanol–water partition coefficient (Wildman–Crippen LogP) is 5.73. The maximum Gasteiger partial charge on any atom is 0.141 e. The molecular formula is C20H18F3N. The Bertz CT molecular complexity index is 788. The fourth-order valence-corrected chi connectivity index (χ4v) is 2.37. The highest BCUT2D eigenvalue weighted by Gasteiger charge is 2.08. The molecule has 2 aromatic rings. The van der Waals surface area contributed by atoms with Crippen LogP contribution in [0.5, 0.6) is 0 Å². The van der Waals surface area contributed by atoms with Crippen LogP contribution in [-0.4, -0.2) is 0 Å². The van der Waals surface area contributed by atoms with E-state index in [9.17, 15) is 13.2 Å². The normalized spacial score (nSPS) is 11.4. The fraction of sp³-hybridized carbons (Fsp3) is 0.250. The van der Waals surface area contributed by atoms with Crippen LogP contribution in [0, 0.1) is 23.0 Å². The lowest BCUT2D eigenvalue weighted by atomic mass is 10.0. The molecule has 0 N–H and O–H groups in total. The molecule has 0 bridgehead atoms. The third-order valence-electron chi connectivity index (χ3n) is 3.78. The van der Waals surface area contributed by atoms with E-state index in [1.54, 1.807) is 24.3 Å². The van der Waals surface area contributed by atoms with Crippen molar-refractivity contribution in [3.05, 3.63) is 76.4 Å². The Balaban J connectivity index is 2.08. The second-order valence-corrected chi connectivity index (χ2v) is 5.57. The third kappa shape index (κ3) is 4.48. The number of allylic oxidation sites excluding steroid dienone is 1. The molecule has 0 aliphatic rings. The molecular weight excluding hydrogens is 311 g/mol. The van der Waals surface area contributed by atoms with Gasteiger partial charge in [-0.1, -0.05) is 31.5 Å².